The van der Waals surface area contributed by atoms with Crippen LogP contribution >= 0.6 is 0 Å². The zero-order valence-electron chi connectivity index (χ0n) is 14.8. The van der Waals surface area contributed by atoms with Crippen LogP contribution in [0, 0.1) is 19.7 Å². The molecular formula is C18H23FN4O2. The van der Waals surface area contributed by atoms with Gasteiger partial charge in [0.2, 0.25) is 5.91 Å². The monoisotopic (exact) mass is 346 g/mol. The predicted molar refractivity (Wildman–Crippen MR) is 92.8 cm³/mol. The highest BCUT2D eigenvalue weighted by Crippen LogP contribution is 2.23. The number of hydrogen-bond acceptors (Lipinski definition) is 4. The first-order chi connectivity index (χ1) is 11.9. The molecule has 2 heterocycles. The van der Waals surface area contributed by atoms with E-state index in [0.29, 0.717) is 19.7 Å². The molecule has 0 spiro atoms. The minimum absolute atomic E-state index is 0.0704. The summed E-state index contributed by atoms with van der Waals surface area (Å²) in [4.78, 5) is 14.5. The molecule has 1 saturated heterocycles. The number of aromatic nitrogens is 2. The molecule has 0 saturated carbocycles. The zero-order chi connectivity index (χ0) is 18.0. The van der Waals surface area contributed by atoms with Crippen LogP contribution in [0.15, 0.2) is 24.3 Å². The average molecular weight is 346 g/mol. The van der Waals surface area contributed by atoms with Crippen molar-refractivity contribution in [2.24, 2.45) is 7.05 Å². The Morgan fingerprint density at radius 3 is 2.72 bits per heavy atom. The minimum Gasteiger partial charge on any atom is -0.371 e. The summed E-state index contributed by atoms with van der Waals surface area (Å²) in [7, 11) is 1.85. The molecule has 1 N–H and O–H groups in total. The van der Waals surface area contributed by atoms with E-state index < -0.39 is 0 Å². The smallest absolute Gasteiger partial charge is 0.238 e. The normalized spacial score (nSPS) is 18.3. The second-order valence-electron chi connectivity index (χ2n) is 6.36. The number of rotatable bonds is 4. The fourth-order valence-corrected chi connectivity index (χ4v) is 3.06. The third kappa shape index (κ3) is 4.05. The topological polar surface area (TPSA) is 59.4 Å². The molecule has 1 fully saturated rings. The SMILES string of the molecule is Cc1nn(C)c(C)c1NC(=O)CN1CCOC(c2ccc(F)cc2)C1. The van der Waals surface area contributed by atoms with Crippen molar-refractivity contribution in [2.45, 2.75) is 20.0 Å². The Bertz CT molecular complexity index is 757. The largest absolute Gasteiger partial charge is 0.371 e. The highest BCUT2D eigenvalue weighted by Gasteiger charge is 2.24. The van der Waals surface area contributed by atoms with Gasteiger partial charge in [-0.05, 0) is 31.5 Å². The predicted octanol–water partition coefficient (Wildman–Crippen LogP) is 2.19. The van der Waals surface area contributed by atoms with E-state index in [1.165, 1.54) is 12.1 Å². The maximum absolute atomic E-state index is 13.1. The van der Waals surface area contributed by atoms with E-state index in [9.17, 15) is 9.18 Å². The molecule has 1 aliphatic heterocycles. The van der Waals surface area contributed by atoms with Gasteiger partial charge in [0.25, 0.3) is 0 Å². The first kappa shape index (κ1) is 17.6. The fraction of sp³-hybridized carbons (Fsp3) is 0.444. The summed E-state index contributed by atoms with van der Waals surface area (Å²) in [5, 5.41) is 7.26. The molecule has 6 nitrogen and oxygen atoms in total. The van der Waals surface area contributed by atoms with E-state index in [1.54, 1.807) is 16.8 Å². The van der Waals surface area contributed by atoms with Gasteiger partial charge in [-0.3, -0.25) is 14.4 Å². The van der Waals surface area contributed by atoms with E-state index in [1.807, 2.05) is 25.8 Å². The molecule has 3 rings (SSSR count). The molecule has 1 aromatic heterocycles. The van der Waals surface area contributed by atoms with Crippen LogP contribution in [0.1, 0.15) is 23.1 Å². The standard InChI is InChI=1S/C18H23FN4O2/c1-12-18(13(2)22(3)21-12)20-17(24)11-23-8-9-25-16(10-23)14-4-6-15(19)7-5-14/h4-7,16H,8-11H2,1-3H3,(H,20,24). The van der Waals surface area contributed by atoms with E-state index in [2.05, 4.69) is 10.4 Å². The fourth-order valence-electron chi connectivity index (χ4n) is 3.06. The van der Waals surface area contributed by atoms with Crippen LogP contribution in [-0.2, 0) is 16.6 Å². The maximum Gasteiger partial charge on any atom is 0.238 e. The summed E-state index contributed by atoms with van der Waals surface area (Å²) in [6.45, 7) is 5.92. The quantitative estimate of drug-likeness (QED) is 0.922. The number of carbonyl (C=O) groups is 1. The third-order valence-corrected chi connectivity index (χ3v) is 4.53. The van der Waals surface area contributed by atoms with Gasteiger partial charge in [-0.1, -0.05) is 12.1 Å². The number of ether oxygens (including phenoxy) is 1. The lowest BCUT2D eigenvalue weighted by Crippen LogP contribution is -2.42. The van der Waals surface area contributed by atoms with E-state index in [4.69, 9.17) is 4.74 Å². The molecule has 0 bridgehead atoms. The molecule has 0 radical (unpaired) electrons. The lowest BCUT2D eigenvalue weighted by molar-refractivity contribution is -0.119. The van der Waals surface area contributed by atoms with Crippen molar-refractivity contribution < 1.29 is 13.9 Å². The number of anilines is 1. The number of halogens is 1. The second kappa shape index (κ2) is 7.33. The van der Waals surface area contributed by atoms with Crippen LogP contribution in [0.4, 0.5) is 10.1 Å². The van der Waals surface area contributed by atoms with Crippen molar-refractivity contribution in [1.29, 1.82) is 0 Å². The third-order valence-electron chi connectivity index (χ3n) is 4.53. The lowest BCUT2D eigenvalue weighted by atomic mass is 10.1. The molecule has 1 unspecified atom stereocenters. The van der Waals surface area contributed by atoms with Crippen molar-refractivity contribution in [3.8, 4) is 0 Å². The summed E-state index contributed by atoms with van der Waals surface area (Å²) in [6.07, 6.45) is -0.149. The van der Waals surface area contributed by atoms with Gasteiger partial charge in [-0.25, -0.2) is 4.39 Å². The van der Waals surface area contributed by atoms with Crippen molar-refractivity contribution in [3.05, 3.63) is 47.0 Å². The molecule has 134 valence electrons. The summed E-state index contributed by atoms with van der Waals surface area (Å²) in [5.74, 6) is -0.336. The average Bonchev–Trinajstić information content (AvgIpc) is 2.82. The Labute approximate surface area is 146 Å². The van der Waals surface area contributed by atoms with E-state index in [0.717, 1.165) is 22.6 Å². The molecule has 0 aliphatic carbocycles. The van der Waals surface area contributed by atoms with Gasteiger partial charge in [-0.2, -0.15) is 5.10 Å². The van der Waals surface area contributed by atoms with Crippen LogP contribution in [-0.4, -0.2) is 46.8 Å². The number of hydrogen-bond donors (Lipinski definition) is 1. The van der Waals surface area contributed by atoms with Crippen LogP contribution in [0.2, 0.25) is 0 Å². The van der Waals surface area contributed by atoms with Gasteiger partial charge < -0.3 is 10.1 Å². The van der Waals surface area contributed by atoms with Crippen LogP contribution < -0.4 is 5.32 Å². The van der Waals surface area contributed by atoms with Crippen molar-refractivity contribution in [1.82, 2.24) is 14.7 Å². The molecule has 1 aromatic carbocycles. The molecular weight excluding hydrogens is 323 g/mol. The van der Waals surface area contributed by atoms with Crippen LogP contribution in [0.5, 0.6) is 0 Å². The molecule has 7 heteroatoms. The Morgan fingerprint density at radius 1 is 1.36 bits per heavy atom. The molecule has 1 atom stereocenters. The number of nitrogens with one attached hydrogen (secondary N) is 1. The van der Waals surface area contributed by atoms with Gasteiger partial charge in [0.15, 0.2) is 0 Å². The lowest BCUT2D eigenvalue weighted by Gasteiger charge is -2.32. The number of benzene rings is 1. The highest BCUT2D eigenvalue weighted by atomic mass is 19.1. The van der Waals surface area contributed by atoms with Gasteiger partial charge in [0, 0.05) is 20.1 Å². The number of carbonyl (C=O) groups excluding carboxylic acids is 1. The minimum atomic E-state index is -0.266. The first-order valence-electron chi connectivity index (χ1n) is 8.33. The van der Waals surface area contributed by atoms with Crippen LogP contribution in [0.3, 0.4) is 0 Å². The maximum atomic E-state index is 13.1. The van der Waals surface area contributed by atoms with E-state index in [-0.39, 0.29) is 24.4 Å². The Balaban J connectivity index is 1.60. The summed E-state index contributed by atoms with van der Waals surface area (Å²) >= 11 is 0. The summed E-state index contributed by atoms with van der Waals surface area (Å²) < 4.78 is 20.6. The molecule has 1 amide bonds. The Morgan fingerprint density at radius 2 is 2.08 bits per heavy atom. The van der Waals surface area contributed by atoms with E-state index >= 15 is 0 Å². The van der Waals surface area contributed by atoms with Gasteiger partial charge in [0.1, 0.15) is 5.82 Å². The summed E-state index contributed by atoms with van der Waals surface area (Å²) in [6, 6.07) is 6.31. The number of aryl methyl sites for hydroxylation is 2. The summed E-state index contributed by atoms with van der Waals surface area (Å²) in [5.41, 5.74) is 3.43. The van der Waals surface area contributed by atoms with Gasteiger partial charge in [-0.15, -0.1) is 0 Å². The van der Waals surface area contributed by atoms with Crippen molar-refractivity contribution in [3.63, 3.8) is 0 Å². The molecule has 2 aromatic rings. The number of morpholine rings is 1. The van der Waals surface area contributed by atoms with Gasteiger partial charge >= 0.3 is 0 Å². The zero-order valence-corrected chi connectivity index (χ0v) is 14.8. The molecule has 1 aliphatic rings. The highest BCUT2D eigenvalue weighted by molar-refractivity contribution is 5.93. The number of nitrogens with zero attached hydrogens (tertiary/aromatic N) is 3. The molecule has 25 heavy (non-hydrogen) atoms. The first-order valence-corrected chi connectivity index (χ1v) is 8.33. The number of amides is 1. The second-order valence-corrected chi connectivity index (χ2v) is 6.36. The Kier molecular flexibility index (Phi) is 5.15. The van der Waals surface area contributed by atoms with Crippen molar-refractivity contribution in [2.75, 3.05) is 31.6 Å². The van der Waals surface area contributed by atoms with Crippen LogP contribution in [0.25, 0.3) is 0 Å². The Hall–Kier alpha value is -2.25. The van der Waals surface area contributed by atoms with Crippen molar-refractivity contribution >= 4 is 11.6 Å². The van der Waals surface area contributed by atoms with Gasteiger partial charge in [0.05, 0.1) is 36.3 Å².